The summed E-state index contributed by atoms with van der Waals surface area (Å²) in [5.41, 5.74) is 2.55. The minimum Gasteiger partial charge on any atom is -0.464 e. The molecule has 1 saturated carbocycles. The molecule has 1 aliphatic rings. The molecule has 4 N–H and O–H groups in total. The number of guanidine groups is 1. The van der Waals surface area contributed by atoms with E-state index in [1.54, 1.807) is 0 Å². The van der Waals surface area contributed by atoms with Crippen LogP contribution in [0.15, 0.2) is 21.5 Å². The molecule has 5 nitrogen and oxygen atoms in total. The summed E-state index contributed by atoms with van der Waals surface area (Å²) in [6.07, 6.45) is 2.39. The Morgan fingerprint density at radius 1 is 1.60 bits per heavy atom. The highest BCUT2D eigenvalue weighted by molar-refractivity contribution is 5.79. The van der Waals surface area contributed by atoms with Gasteiger partial charge in [-0.1, -0.05) is 0 Å². The summed E-state index contributed by atoms with van der Waals surface area (Å²) >= 11 is 0. The molecule has 0 aliphatic heterocycles. The lowest BCUT2D eigenvalue weighted by Gasteiger charge is -2.06. The molecular weight excluding hydrogens is 192 g/mol. The number of hydrazine groups is 1. The van der Waals surface area contributed by atoms with Crippen molar-refractivity contribution in [3.05, 3.63) is 23.7 Å². The monoisotopic (exact) mass is 208 g/mol. The number of nitrogens with zero attached hydrogens (tertiary/aromatic N) is 1. The number of hydrogen-bond donors (Lipinski definition) is 3. The molecule has 1 heterocycles. The maximum absolute atomic E-state index is 5.40. The van der Waals surface area contributed by atoms with Gasteiger partial charge >= 0.3 is 0 Å². The van der Waals surface area contributed by atoms with Crippen LogP contribution in [-0.2, 0) is 6.54 Å². The van der Waals surface area contributed by atoms with Crippen LogP contribution in [-0.4, -0.2) is 12.0 Å². The molecule has 0 spiro atoms. The van der Waals surface area contributed by atoms with E-state index in [1.165, 1.54) is 12.8 Å². The molecule has 1 aliphatic carbocycles. The van der Waals surface area contributed by atoms with Gasteiger partial charge in [0.05, 0.1) is 0 Å². The van der Waals surface area contributed by atoms with Gasteiger partial charge < -0.3 is 9.73 Å². The summed E-state index contributed by atoms with van der Waals surface area (Å²) in [4.78, 5) is 4.28. The van der Waals surface area contributed by atoms with Crippen molar-refractivity contribution < 1.29 is 4.42 Å². The van der Waals surface area contributed by atoms with Gasteiger partial charge in [0, 0.05) is 6.04 Å². The Bertz CT molecular complexity index is 354. The van der Waals surface area contributed by atoms with Gasteiger partial charge in [0.15, 0.2) is 0 Å². The lowest BCUT2D eigenvalue weighted by molar-refractivity contribution is 0.485. The second-order valence-corrected chi connectivity index (χ2v) is 3.74. The van der Waals surface area contributed by atoms with Crippen molar-refractivity contribution in [2.75, 3.05) is 0 Å². The van der Waals surface area contributed by atoms with Gasteiger partial charge in [-0.25, -0.2) is 10.8 Å². The minimum absolute atomic E-state index is 0.507. The maximum Gasteiger partial charge on any atom is 0.206 e. The number of furan rings is 1. The molecule has 0 unspecified atom stereocenters. The lowest BCUT2D eigenvalue weighted by Crippen LogP contribution is -2.42. The van der Waals surface area contributed by atoms with E-state index in [2.05, 4.69) is 15.7 Å². The van der Waals surface area contributed by atoms with Crippen molar-refractivity contribution in [1.82, 2.24) is 10.7 Å². The highest BCUT2D eigenvalue weighted by Crippen LogP contribution is 2.18. The highest BCUT2D eigenvalue weighted by Gasteiger charge is 2.21. The van der Waals surface area contributed by atoms with Gasteiger partial charge in [0.2, 0.25) is 5.96 Å². The average molecular weight is 208 g/mol. The molecule has 0 aromatic carbocycles. The van der Waals surface area contributed by atoms with E-state index in [-0.39, 0.29) is 0 Å². The minimum atomic E-state index is 0.507. The zero-order chi connectivity index (χ0) is 10.7. The molecule has 0 atom stereocenters. The molecule has 0 radical (unpaired) electrons. The molecule has 0 amide bonds. The molecule has 1 aromatic heterocycles. The van der Waals surface area contributed by atoms with Crippen molar-refractivity contribution in [3.8, 4) is 0 Å². The van der Waals surface area contributed by atoms with E-state index in [1.807, 2.05) is 19.1 Å². The van der Waals surface area contributed by atoms with Crippen LogP contribution in [0.1, 0.15) is 24.4 Å². The normalized spacial score (nSPS) is 16.5. The van der Waals surface area contributed by atoms with Crippen LogP contribution in [0.2, 0.25) is 0 Å². The third-order valence-corrected chi connectivity index (χ3v) is 2.24. The third-order valence-electron chi connectivity index (χ3n) is 2.24. The van der Waals surface area contributed by atoms with Gasteiger partial charge in [-0.2, -0.15) is 0 Å². The van der Waals surface area contributed by atoms with E-state index in [0.29, 0.717) is 18.5 Å². The maximum atomic E-state index is 5.40. The van der Waals surface area contributed by atoms with Crippen molar-refractivity contribution in [3.63, 3.8) is 0 Å². The van der Waals surface area contributed by atoms with E-state index >= 15 is 0 Å². The van der Waals surface area contributed by atoms with Crippen molar-refractivity contribution in [2.24, 2.45) is 10.8 Å². The van der Waals surface area contributed by atoms with E-state index in [9.17, 15) is 0 Å². The van der Waals surface area contributed by atoms with Gasteiger partial charge in [0.25, 0.3) is 0 Å². The van der Waals surface area contributed by atoms with Crippen molar-refractivity contribution >= 4 is 5.96 Å². The first-order valence-corrected chi connectivity index (χ1v) is 5.11. The fourth-order valence-corrected chi connectivity index (χ4v) is 1.28. The van der Waals surface area contributed by atoms with Crippen LogP contribution >= 0.6 is 0 Å². The van der Waals surface area contributed by atoms with E-state index < -0.39 is 0 Å². The Kier molecular flexibility index (Phi) is 2.91. The zero-order valence-electron chi connectivity index (χ0n) is 8.79. The second-order valence-electron chi connectivity index (χ2n) is 3.74. The lowest BCUT2D eigenvalue weighted by atomic mass is 10.4. The van der Waals surface area contributed by atoms with Crippen LogP contribution in [0.25, 0.3) is 0 Å². The van der Waals surface area contributed by atoms with Crippen LogP contribution in [0, 0.1) is 6.92 Å². The second kappa shape index (κ2) is 4.35. The molecule has 1 fully saturated rings. The predicted octanol–water partition coefficient (Wildman–Crippen LogP) is 0.659. The van der Waals surface area contributed by atoms with Gasteiger partial charge in [-0.3, -0.25) is 5.43 Å². The fourth-order valence-electron chi connectivity index (χ4n) is 1.28. The number of rotatable bonds is 3. The Hall–Kier alpha value is -1.49. The molecule has 82 valence electrons. The highest BCUT2D eigenvalue weighted by atomic mass is 16.3. The molecule has 0 bridgehead atoms. The number of aliphatic imine (C=N–C) groups is 1. The van der Waals surface area contributed by atoms with E-state index in [4.69, 9.17) is 10.3 Å². The number of aryl methyl sites for hydroxylation is 1. The molecule has 5 heteroatoms. The Labute approximate surface area is 88.7 Å². The summed E-state index contributed by atoms with van der Waals surface area (Å²) in [7, 11) is 0. The Balaban J connectivity index is 1.89. The van der Waals surface area contributed by atoms with Gasteiger partial charge in [-0.05, 0) is 31.9 Å². The van der Waals surface area contributed by atoms with Crippen LogP contribution in [0.4, 0.5) is 0 Å². The van der Waals surface area contributed by atoms with Crippen molar-refractivity contribution in [2.45, 2.75) is 32.4 Å². The molecular formula is C10H16N4O. The van der Waals surface area contributed by atoms with Crippen LogP contribution < -0.4 is 16.6 Å². The fraction of sp³-hybridized carbons (Fsp3) is 0.500. The molecule has 1 aromatic rings. The summed E-state index contributed by atoms with van der Waals surface area (Å²) in [5.74, 6) is 7.72. The first kappa shape index (κ1) is 10.0. The van der Waals surface area contributed by atoms with Crippen LogP contribution in [0.3, 0.4) is 0 Å². The topological polar surface area (TPSA) is 75.6 Å². The zero-order valence-corrected chi connectivity index (χ0v) is 8.79. The number of hydrogen-bond acceptors (Lipinski definition) is 3. The first-order chi connectivity index (χ1) is 7.28. The summed E-state index contributed by atoms with van der Waals surface area (Å²) < 4.78 is 5.40. The molecule has 2 rings (SSSR count). The predicted molar refractivity (Wildman–Crippen MR) is 58.1 cm³/mol. The largest absolute Gasteiger partial charge is 0.464 e. The molecule has 0 saturated heterocycles. The first-order valence-electron chi connectivity index (χ1n) is 5.11. The third kappa shape index (κ3) is 2.99. The van der Waals surface area contributed by atoms with Crippen molar-refractivity contribution in [1.29, 1.82) is 0 Å². The van der Waals surface area contributed by atoms with Gasteiger partial charge in [0.1, 0.15) is 18.1 Å². The Morgan fingerprint density at radius 2 is 2.40 bits per heavy atom. The smallest absolute Gasteiger partial charge is 0.206 e. The summed E-state index contributed by atoms with van der Waals surface area (Å²) in [5, 5.41) is 3.19. The SMILES string of the molecule is Cc1ccc(CN=C(NN)NC2CC2)o1. The van der Waals surface area contributed by atoms with Gasteiger partial charge in [-0.15, -0.1) is 0 Å². The summed E-state index contributed by atoms with van der Waals surface area (Å²) in [6.45, 7) is 2.42. The van der Waals surface area contributed by atoms with E-state index in [0.717, 1.165) is 11.5 Å². The standard InChI is InChI=1S/C10H16N4O/c1-7-2-5-9(15-7)6-12-10(14-11)13-8-3-4-8/h2,5,8H,3-4,6,11H2,1H3,(H2,12,13,14). The summed E-state index contributed by atoms with van der Waals surface area (Å²) in [6, 6.07) is 4.39. The number of nitrogens with two attached hydrogens (primary N) is 1. The van der Waals surface area contributed by atoms with Crippen LogP contribution in [0.5, 0.6) is 0 Å². The quantitative estimate of drug-likeness (QED) is 0.295. The Morgan fingerprint density at radius 3 is 2.93 bits per heavy atom. The molecule has 15 heavy (non-hydrogen) atoms. The average Bonchev–Trinajstić information content (AvgIpc) is 2.95. The number of nitrogens with one attached hydrogen (secondary N) is 2.